The molecule has 0 spiro atoms. The predicted octanol–water partition coefficient (Wildman–Crippen LogP) is 6.47. The van der Waals surface area contributed by atoms with Gasteiger partial charge in [-0.3, -0.25) is 4.79 Å². The molecule has 1 atom stereocenters. The van der Waals surface area contributed by atoms with Crippen LogP contribution in [0.25, 0.3) is 0 Å². The first-order valence-corrected chi connectivity index (χ1v) is 13.0. The van der Waals surface area contributed by atoms with Gasteiger partial charge in [-0.15, -0.1) is 0 Å². The standard InChI is InChI=1S/C31H27BrN2O5/c1-21-8-6-7-11-28(21)31(36)39-29-17-12-25(32)18-24(29)19-33-34-30(35)22(2)38-27-15-13-26(14-16-27)37-20-23-9-4-3-5-10-23/h3-19,22H,20H2,1-2H3,(H,34,35)/b33-19-/t22-/m1/s1. The third-order valence-electron chi connectivity index (χ3n) is 5.67. The van der Waals surface area contributed by atoms with Crippen LogP contribution in [0, 0.1) is 6.92 Å². The van der Waals surface area contributed by atoms with Crippen molar-refractivity contribution in [3.63, 3.8) is 0 Å². The molecule has 0 bridgehead atoms. The molecule has 4 aromatic rings. The van der Waals surface area contributed by atoms with Gasteiger partial charge in [0.2, 0.25) is 0 Å². The fraction of sp³-hybridized carbons (Fsp3) is 0.129. The normalized spacial score (nSPS) is 11.6. The number of hydrogen-bond donors (Lipinski definition) is 1. The van der Waals surface area contributed by atoms with E-state index >= 15 is 0 Å². The summed E-state index contributed by atoms with van der Waals surface area (Å²) in [5.74, 6) is 0.604. The lowest BCUT2D eigenvalue weighted by Gasteiger charge is -2.14. The number of amides is 1. The molecule has 198 valence electrons. The van der Waals surface area contributed by atoms with Crippen LogP contribution in [0.1, 0.15) is 34.0 Å². The van der Waals surface area contributed by atoms with Gasteiger partial charge in [0.05, 0.1) is 11.8 Å². The number of ether oxygens (including phenoxy) is 3. The summed E-state index contributed by atoms with van der Waals surface area (Å²) in [7, 11) is 0. The Kier molecular flexibility index (Phi) is 9.48. The van der Waals surface area contributed by atoms with E-state index in [-0.39, 0.29) is 0 Å². The van der Waals surface area contributed by atoms with E-state index in [0.717, 1.165) is 15.6 Å². The van der Waals surface area contributed by atoms with Crippen molar-refractivity contribution in [1.29, 1.82) is 0 Å². The van der Waals surface area contributed by atoms with Crippen LogP contribution in [0.15, 0.2) is 107 Å². The maximum Gasteiger partial charge on any atom is 0.343 e. The molecule has 0 aliphatic rings. The van der Waals surface area contributed by atoms with Gasteiger partial charge >= 0.3 is 5.97 Å². The number of esters is 1. The largest absolute Gasteiger partial charge is 0.489 e. The van der Waals surface area contributed by atoms with Crippen molar-refractivity contribution in [2.45, 2.75) is 26.6 Å². The van der Waals surface area contributed by atoms with Gasteiger partial charge < -0.3 is 14.2 Å². The van der Waals surface area contributed by atoms with Crippen molar-refractivity contribution in [1.82, 2.24) is 5.43 Å². The molecule has 0 aromatic heterocycles. The third-order valence-corrected chi connectivity index (χ3v) is 6.17. The number of hydrogen-bond acceptors (Lipinski definition) is 6. The van der Waals surface area contributed by atoms with Crippen molar-refractivity contribution < 1.29 is 23.8 Å². The van der Waals surface area contributed by atoms with Crippen LogP contribution in [-0.2, 0) is 11.4 Å². The molecule has 39 heavy (non-hydrogen) atoms. The van der Waals surface area contributed by atoms with Gasteiger partial charge in [-0.1, -0.05) is 64.5 Å². The summed E-state index contributed by atoms with van der Waals surface area (Å²) in [5.41, 5.74) is 5.33. The highest BCUT2D eigenvalue weighted by molar-refractivity contribution is 9.10. The minimum atomic E-state index is -0.806. The molecular weight excluding hydrogens is 560 g/mol. The number of rotatable bonds is 10. The smallest absolute Gasteiger partial charge is 0.343 e. The Hall–Kier alpha value is -4.43. The van der Waals surface area contributed by atoms with Crippen molar-refractivity contribution in [2.75, 3.05) is 0 Å². The van der Waals surface area contributed by atoms with Gasteiger partial charge in [0.15, 0.2) is 6.10 Å². The SMILES string of the molecule is Cc1ccccc1C(=O)Oc1ccc(Br)cc1/C=N\NC(=O)[C@@H](C)Oc1ccc(OCc2ccccc2)cc1. The summed E-state index contributed by atoms with van der Waals surface area (Å²) >= 11 is 3.41. The second-order valence-electron chi connectivity index (χ2n) is 8.63. The lowest BCUT2D eigenvalue weighted by atomic mass is 10.1. The maximum atomic E-state index is 12.7. The van der Waals surface area contributed by atoms with Crippen LogP contribution < -0.4 is 19.6 Å². The van der Waals surface area contributed by atoms with Crippen molar-refractivity contribution >= 4 is 34.0 Å². The first kappa shape index (κ1) is 27.6. The van der Waals surface area contributed by atoms with E-state index in [1.165, 1.54) is 6.21 Å². The van der Waals surface area contributed by atoms with Crippen LogP contribution in [-0.4, -0.2) is 24.2 Å². The average molecular weight is 587 g/mol. The highest BCUT2D eigenvalue weighted by Crippen LogP contribution is 2.24. The Bertz CT molecular complexity index is 1460. The average Bonchev–Trinajstić information content (AvgIpc) is 2.94. The summed E-state index contributed by atoms with van der Waals surface area (Å²) in [4.78, 5) is 25.2. The minimum Gasteiger partial charge on any atom is -0.489 e. The highest BCUT2D eigenvalue weighted by Gasteiger charge is 2.15. The van der Waals surface area contributed by atoms with Gasteiger partial charge in [-0.2, -0.15) is 5.10 Å². The zero-order valence-corrected chi connectivity index (χ0v) is 23.1. The minimum absolute atomic E-state index is 0.309. The van der Waals surface area contributed by atoms with Gasteiger partial charge in [0.25, 0.3) is 5.91 Å². The maximum absolute atomic E-state index is 12.7. The van der Waals surface area contributed by atoms with E-state index in [9.17, 15) is 9.59 Å². The molecule has 0 radical (unpaired) electrons. The van der Waals surface area contributed by atoms with Gasteiger partial charge in [0, 0.05) is 10.0 Å². The zero-order chi connectivity index (χ0) is 27.6. The Balaban J connectivity index is 1.31. The van der Waals surface area contributed by atoms with Crippen molar-refractivity contribution in [2.24, 2.45) is 5.10 Å². The van der Waals surface area contributed by atoms with E-state index in [1.807, 2.05) is 49.4 Å². The number of nitrogens with zero attached hydrogens (tertiary/aromatic N) is 1. The summed E-state index contributed by atoms with van der Waals surface area (Å²) in [6.07, 6.45) is 0.605. The lowest BCUT2D eigenvalue weighted by Crippen LogP contribution is -2.33. The monoisotopic (exact) mass is 586 g/mol. The molecule has 0 aliphatic heterocycles. The van der Waals surface area contributed by atoms with E-state index in [0.29, 0.717) is 35.0 Å². The Labute approximate surface area is 235 Å². The molecule has 7 nitrogen and oxygen atoms in total. The number of carbonyl (C=O) groups is 2. The van der Waals surface area contributed by atoms with Crippen molar-refractivity contribution in [3.8, 4) is 17.2 Å². The Morgan fingerprint density at radius 3 is 2.36 bits per heavy atom. The van der Waals surface area contributed by atoms with Crippen LogP contribution in [0.5, 0.6) is 17.2 Å². The molecule has 0 aliphatic carbocycles. The number of carbonyl (C=O) groups excluding carboxylic acids is 2. The quantitative estimate of drug-likeness (QED) is 0.0995. The first-order chi connectivity index (χ1) is 18.9. The molecule has 4 aromatic carbocycles. The lowest BCUT2D eigenvalue weighted by molar-refractivity contribution is -0.127. The third kappa shape index (κ3) is 8.02. The molecule has 0 heterocycles. The summed E-state index contributed by atoms with van der Waals surface area (Å²) in [5, 5.41) is 4.03. The second-order valence-corrected chi connectivity index (χ2v) is 9.54. The van der Waals surface area contributed by atoms with Crippen LogP contribution in [0.4, 0.5) is 0 Å². The fourth-order valence-electron chi connectivity index (χ4n) is 3.54. The first-order valence-electron chi connectivity index (χ1n) is 12.2. The number of benzene rings is 4. The molecule has 1 amide bonds. The predicted molar refractivity (Wildman–Crippen MR) is 153 cm³/mol. The molecule has 0 fully saturated rings. The van der Waals surface area contributed by atoms with Gasteiger partial charge in [-0.05, 0) is 73.5 Å². The zero-order valence-electron chi connectivity index (χ0n) is 21.5. The molecular formula is C31H27BrN2O5. The molecule has 0 saturated heterocycles. The molecule has 1 N–H and O–H groups in total. The van der Waals surface area contributed by atoms with Gasteiger partial charge in [0.1, 0.15) is 23.9 Å². The number of halogens is 1. The van der Waals surface area contributed by atoms with E-state index < -0.39 is 18.0 Å². The highest BCUT2D eigenvalue weighted by atomic mass is 79.9. The van der Waals surface area contributed by atoms with Crippen LogP contribution in [0.3, 0.4) is 0 Å². The van der Waals surface area contributed by atoms with E-state index in [4.69, 9.17) is 14.2 Å². The Morgan fingerprint density at radius 1 is 0.923 bits per heavy atom. The van der Waals surface area contributed by atoms with Crippen LogP contribution in [0.2, 0.25) is 0 Å². The number of hydrazone groups is 1. The number of aryl methyl sites for hydroxylation is 1. The second kappa shape index (κ2) is 13.4. The molecule has 0 saturated carbocycles. The van der Waals surface area contributed by atoms with E-state index in [1.54, 1.807) is 61.5 Å². The summed E-state index contributed by atoms with van der Waals surface area (Å²) in [6.45, 7) is 3.93. The molecule has 8 heteroatoms. The summed E-state index contributed by atoms with van der Waals surface area (Å²) < 4.78 is 17.9. The molecule has 4 rings (SSSR count). The molecule has 0 unspecified atom stereocenters. The van der Waals surface area contributed by atoms with E-state index in [2.05, 4.69) is 26.5 Å². The summed E-state index contributed by atoms with van der Waals surface area (Å²) in [6, 6.07) is 29.3. The van der Waals surface area contributed by atoms with Gasteiger partial charge in [-0.25, -0.2) is 10.2 Å². The van der Waals surface area contributed by atoms with Crippen LogP contribution >= 0.6 is 15.9 Å². The Morgan fingerprint density at radius 2 is 1.62 bits per heavy atom. The fourth-order valence-corrected chi connectivity index (χ4v) is 3.92. The number of nitrogens with one attached hydrogen (secondary N) is 1. The topological polar surface area (TPSA) is 86.2 Å². The van der Waals surface area contributed by atoms with Crippen molar-refractivity contribution in [3.05, 3.63) is 124 Å².